The van der Waals surface area contributed by atoms with E-state index in [0.29, 0.717) is 0 Å². The van der Waals surface area contributed by atoms with E-state index in [1.165, 1.54) is 0 Å². The highest BCUT2D eigenvalue weighted by molar-refractivity contribution is 5.17. The maximum absolute atomic E-state index is 5.46. The molecular weight excluding hydrogens is 192 g/mol. The van der Waals surface area contributed by atoms with Crippen LogP contribution in [0.25, 0.3) is 0 Å². The predicted octanol–water partition coefficient (Wildman–Crippen LogP) is 0.931. The molecule has 0 fully saturated rings. The van der Waals surface area contributed by atoms with Gasteiger partial charge < -0.3 is 4.42 Å². The molecular formula is C10H12N4O. The Morgan fingerprint density at radius 2 is 2.27 bits per heavy atom. The van der Waals surface area contributed by atoms with Crippen molar-refractivity contribution in [3.8, 4) is 0 Å². The van der Waals surface area contributed by atoms with E-state index in [4.69, 9.17) is 10.3 Å². The van der Waals surface area contributed by atoms with E-state index in [1.54, 1.807) is 24.7 Å². The zero-order valence-electron chi connectivity index (χ0n) is 8.34. The maximum atomic E-state index is 5.46. The number of nitrogens with one attached hydrogen (secondary N) is 1. The summed E-state index contributed by atoms with van der Waals surface area (Å²) in [5.41, 5.74) is 4.25. The summed E-state index contributed by atoms with van der Waals surface area (Å²) in [6.07, 6.45) is 4.98. The number of hydrogen-bond donors (Lipinski definition) is 2. The molecule has 2 rings (SSSR count). The van der Waals surface area contributed by atoms with Crippen molar-refractivity contribution in [1.82, 2.24) is 15.4 Å². The van der Waals surface area contributed by atoms with Gasteiger partial charge >= 0.3 is 0 Å². The van der Waals surface area contributed by atoms with Gasteiger partial charge in [-0.3, -0.25) is 15.8 Å². The molecule has 0 aliphatic rings. The Balaban J connectivity index is 2.31. The highest BCUT2D eigenvalue weighted by atomic mass is 16.3. The van der Waals surface area contributed by atoms with Crippen LogP contribution in [0.4, 0.5) is 0 Å². The van der Waals surface area contributed by atoms with Crippen LogP contribution in [0.1, 0.15) is 23.2 Å². The third-order valence-electron chi connectivity index (χ3n) is 2.09. The van der Waals surface area contributed by atoms with E-state index < -0.39 is 0 Å². The number of rotatable bonds is 3. The predicted molar refractivity (Wildman–Crippen MR) is 54.6 cm³/mol. The Morgan fingerprint density at radius 1 is 1.40 bits per heavy atom. The Hall–Kier alpha value is -1.72. The van der Waals surface area contributed by atoms with Gasteiger partial charge in [0, 0.05) is 6.20 Å². The minimum absolute atomic E-state index is 0.256. The number of aromatic nitrogens is 2. The molecule has 0 saturated carbocycles. The largest absolute Gasteiger partial charge is 0.467 e. The van der Waals surface area contributed by atoms with Gasteiger partial charge in [-0.15, -0.1) is 0 Å². The van der Waals surface area contributed by atoms with Gasteiger partial charge in [0.15, 0.2) is 0 Å². The molecule has 0 bridgehead atoms. The van der Waals surface area contributed by atoms with Gasteiger partial charge in [0.1, 0.15) is 11.8 Å². The standard InChI is InChI=1S/C10H12N4O/c1-7-5-13-8(6-12-7)10(14-11)9-3-2-4-15-9/h2-6,10,14H,11H2,1H3. The molecule has 0 radical (unpaired) electrons. The molecule has 5 heteroatoms. The minimum Gasteiger partial charge on any atom is -0.467 e. The monoisotopic (exact) mass is 204 g/mol. The van der Waals surface area contributed by atoms with Crippen molar-refractivity contribution >= 4 is 0 Å². The lowest BCUT2D eigenvalue weighted by Gasteiger charge is -2.11. The molecule has 78 valence electrons. The first-order chi connectivity index (χ1) is 7.31. The number of furan rings is 1. The first-order valence-corrected chi connectivity index (χ1v) is 4.59. The molecule has 0 spiro atoms. The molecule has 0 aliphatic carbocycles. The van der Waals surface area contributed by atoms with Gasteiger partial charge in [-0.25, -0.2) is 5.43 Å². The van der Waals surface area contributed by atoms with Crippen molar-refractivity contribution in [3.63, 3.8) is 0 Å². The van der Waals surface area contributed by atoms with E-state index in [9.17, 15) is 0 Å². The van der Waals surface area contributed by atoms with Gasteiger partial charge in [-0.1, -0.05) is 0 Å². The molecule has 0 aliphatic heterocycles. The SMILES string of the molecule is Cc1cnc(C(NN)c2ccco2)cn1. The summed E-state index contributed by atoms with van der Waals surface area (Å²) in [6, 6.07) is 3.39. The zero-order chi connectivity index (χ0) is 10.7. The molecule has 1 atom stereocenters. The molecule has 0 aromatic carbocycles. The molecule has 0 saturated heterocycles. The number of hydrazine groups is 1. The molecule has 1 unspecified atom stereocenters. The lowest BCUT2D eigenvalue weighted by atomic mass is 10.2. The number of hydrogen-bond acceptors (Lipinski definition) is 5. The Morgan fingerprint density at radius 3 is 2.80 bits per heavy atom. The molecule has 15 heavy (non-hydrogen) atoms. The van der Waals surface area contributed by atoms with Crippen molar-refractivity contribution in [2.45, 2.75) is 13.0 Å². The lowest BCUT2D eigenvalue weighted by molar-refractivity contribution is 0.446. The molecule has 3 N–H and O–H groups in total. The summed E-state index contributed by atoms with van der Waals surface area (Å²) in [6.45, 7) is 1.88. The average Bonchev–Trinajstić information content (AvgIpc) is 2.75. The quantitative estimate of drug-likeness (QED) is 0.574. The average molecular weight is 204 g/mol. The number of nitrogens with two attached hydrogens (primary N) is 1. The third-order valence-corrected chi connectivity index (χ3v) is 2.09. The van der Waals surface area contributed by atoms with Crippen LogP contribution in [-0.2, 0) is 0 Å². The van der Waals surface area contributed by atoms with Crippen molar-refractivity contribution in [3.05, 3.63) is 47.9 Å². The molecule has 2 aromatic heterocycles. The van der Waals surface area contributed by atoms with E-state index in [0.717, 1.165) is 17.1 Å². The van der Waals surface area contributed by atoms with Crippen LogP contribution in [0.5, 0.6) is 0 Å². The van der Waals surface area contributed by atoms with Crippen molar-refractivity contribution in [2.24, 2.45) is 5.84 Å². The fraction of sp³-hybridized carbons (Fsp3) is 0.200. The van der Waals surface area contributed by atoms with Crippen LogP contribution in [-0.4, -0.2) is 9.97 Å². The summed E-state index contributed by atoms with van der Waals surface area (Å²) >= 11 is 0. The first kappa shape index (κ1) is 9.82. The molecule has 0 amide bonds. The Kier molecular flexibility index (Phi) is 2.75. The van der Waals surface area contributed by atoms with E-state index >= 15 is 0 Å². The van der Waals surface area contributed by atoms with Crippen LogP contribution in [0.15, 0.2) is 35.2 Å². The van der Waals surface area contributed by atoms with Crippen LogP contribution in [0, 0.1) is 6.92 Å². The summed E-state index contributed by atoms with van der Waals surface area (Å²) < 4.78 is 5.26. The first-order valence-electron chi connectivity index (χ1n) is 4.59. The summed E-state index contributed by atoms with van der Waals surface area (Å²) in [4.78, 5) is 8.40. The lowest BCUT2D eigenvalue weighted by Crippen LogP contribution is -2.29. The van der Waals surface area contributed by atoms with Gasteiger partial charge in [0.05, 0.1) is 23.8 Å². The van der Waals surface area contributed by atoms with Crippen LogP contribution in [0.3, 0.4) is 0 Å². The zero-order valence-corrected chi connectivity index (χ0v) is 8.34. The fourth-order valence-electron chi connectivity index (χ4n) is 1.32. The third kappa shape index (κ3) is 2.03. The maximum Gasteiger partial charge on any atom is 0.128 e. The number of nitrogens with zero attached hydrogens (tertiary/aromatic N) is 2. The van der Waals surface area contributed by atoms with Gasteiger partial charge in [0.25, 0.3) is 0 Å². The summed E-state index contributed by atoms with van der Waals surface area (Å²) in [5.74, 6) is 6.17. The number of aryl methyl sites for hydroxylation is 1. The normalized spacial score (nSPS) is 12.7. The molecule has 5 nitrogen and oxygen atoms in total. The Labute approximate surface area is 87.3 Å². The molecule has 2 aromatic rings. The van der Waals surface area contributed by atoms with Crippen molar-refractivity contribution in [2.75, 3.05) is 0 Å². The molecule has 2 heterocycles. The smallest absolute Gasteiger partial charge is 0.128 e. The van der Waals surface area contributed by atoms with Crippen LogP contribution < -0.4 is 11.3 Å². The van der Waals surface area contributed by atoms with Crippen molar-refractivity contribution in [1.29, 1.82) is 0 Å². The van der Waals surface area contributed by atoms with Gasteiger partial charge in [-0.05, 0) is 19.1 Å². The fourth-order valence-corrected chi connectivity index (χ4v) is 1.32. The highest BCUT2D eigenvalue weighted by Gasteiger charge is 2.16. The van der Waals surface area contributed by atoms with Crippen molar-refractivity contribution < 1.29 is 4.42 Å². The summed E-state index contributed by atoms with van der Waals surface area (Å²) in [5, 5.41) is 0. The topological polar surface area (TPSA) is 77.0 Å². The van der Waals surface area contributed by atoms with Gasteiger partial charge in [0.2, 0.25) is 0 Å². The second-order valence-electron chi connectivity index (χ2n) is 3.20. The van der Waals surface area contributed by atoms with Gasteiger partial charge in [-0.2, -0.15) is 0 Å². The second-order valence-corrected chi connectivity index (χ2v) is 3.20. The highest BCUT2D eigenvalue weighted by Crippen LogP contribution is 2.18. The minimum atomic E-state index is -0.256. The van der Waals surface area contributed by atoms with Crippen LogP contribution in [0.2, 0.25) is 0 Å². The van der Waals surface area contributed by atoms with E-state index in [1.807, 2.05) is 13.0 Å². The Bertz CT molecular complexity index is 409. The summed E-state index contributed by atoms with van der Waals surface area (Å²) in [7, 11) is 0. The van der Waals surface area contributed by atoms with E-state index in [-0.39, 0.29) is 6.04 Å². The van der Waals surface area contributed by atoms with Crippen LogP contribution >= 0.6 is 0 Å². The second kappa shape index (κ2) is 4.20. The van der Waals surface area contributed by atoms with E-state index in [2.05, 4.69) is 15.4 Å².